The second kappa shape index (κ2) is 7.89. The number of nitrogens with one attached hydrogen (secondary N) is 1. The second-order valence-corrected chi connectivity index (χ2v) is 9.41. The van der Waals surface area contributed by atoms with E-state index in [0.717, 1.165) is 35.0 Å². The number of carbonyl (C=O) groups excluding carboxylic acids is 1. The number of nitrogens with zero attached hydrogens (tertiary/aromatic N) is 2. The minimum Gasteiger partial charge on any atom is -0.325 e. The van der Waals surface area contributed by atoms with Crippen LogP contribution in [0.5, 0.6) is 0 Å². The molecule has 2 heterocycles. The van der Waals surface area contributed by atoms with Crippen molar-refractivity contribution in [1.29, 1.82) is 0 Å². The van der Waals surface area contributed by atoms with Crippen LogP contribution in [-0.2, 0) is 24.7 Å². The normalized spacial score (nSPS) is 13.5. The number of thiophene rings is 1. The fourth-order valence-electron chi connectivity index (χ4n) is 3.44. The maximum Gasteiger partial charge on any atom is 0.262 e. The van der Waals surface area contributed by atoms with Gasteiger partial charge in [0.1, 0.15) is 4.83 Å². The van der Waals surface area contributed by atoms with E-state index >= 15 is 0 Å². The van der Waals surface area contributed by atoms with Gasteiger partial charge in [0.25, 0.3) is 5.56 Å². The summed E-state index contributed by atoms with van der Waals surface area (Å²) in [6.45, 7) is 1.91. The van der Waals surface area contributed by atoms with Gasteiger partial charge in [-0.1, -0.05) is 29.4 Å². The quantitative estimate of drug-likeness (QED) is 0.483. The number of rotatable bonds is 4. The Morgan fingerprint density at radius 1 is 1.36 bits per heavy atom. The van der Waals surface area contributed by atoms with Crippen LogP contribution in [0.3, 0.4) is 0 Å². The van der Waals surface area contributed by atoms with Gasteiger partial charge in [-0.15, -0.1) is 11.3 Å². The molecule has 0 unspecified atom stereocenters. The Balaban J connectivity index is 1.55. The summed E-state index contributed by atoms with van der Waals surface area (Å²) in [6, 6.07) is 5.38. The Labute approximate surface area is 176 Å². The number of thioether (sulfide) groups is 1. The first-order valence-corrected chi connectivity index (χ1v) is 11.3. The van der Waals surface area contributed by atoms with Crippen molar-refractivity contribution in [2.45, 2.75) is 37.8 Å². The van der Waals surface area contributed by atoms with E-state index in [-0.39, 0.29) is 17.2 Å². The molecule has 146 valence electrons. The first-order valence-electron chi connectivity index (χ1n) is 9.14. The van der Waals surface area contributed by atoms with Gasteiger partial charge in [-0.2, -0.15) is 0 Å². The number of aryl methyl sites for hydroxylation is 3. The summed E-state index contributed by atoms with van der Waals surface area (Å²) in [6.07, 6.45) is 4.29. The molecule has 1 aliphatic carbocycles. The smallest absolute Gasteiger partial charge is 0.262 e. The Morgan fingerprint density at radius 2 is 2.14 bits per heavy atom. The zero-order chi connectivity index (χ0) is 19.8. The molecule has 2 aromatic heterocycles. The lowest BCUT2D eigenvalue weighted by molar-refractivity contribution is -0.113. The third-order valence-corrected chi connectivity index (χ3v) is 7.41. The SMILES string of the molecule is Cc1ccc(Cl)cc1NC(=O)CSc1nc2sc3c(c2c(=O)n1C)CCCC3. The van der Waals surface area contributed by atoms with E-state index in [0.29, 0.717) is 15.9 Å². The Bertz CT molecular complexity index is 1140. The fraction of sp³-hybridized carbons (Fsp3) is 0.350. The molecule has 0 saturated heterocycles. The van der Waals surface area contributed by atoms with Crippen LogP contribution in [0, 0.1) is 6.92 Å². The zero-order valence-corrected chi connectivity index (χ0v) is 18.1. The molecule has 0 spiro atoms. The van der Waals surface area contributed by atoms with Crippen LogP contribution in [0.1, 0.15) is 28.8 Å². The number of halogens is 1. The second-order valence-electron chi connectivity index (χ2n) is 6.95. The predicted octanol–water partition coefficient (Wildman–Crippen LogP) is 4.57. The maximum absolute atomic E-state index is 12.9. The fourth-order valence-corrected chi connectivity index (χ4v) is 5.69. The van der Waals surface area contributed by atoms with Crippen molar-refractivity contribution in [1.82, 2.24) is 9.55 Å². The number of hydrogen-bond acceptors (Lipinski definition) is 5. The van der Waals surface area contributed by atoms with Crippen molar-refractivity contribution in [3.8, 4) is 0 Å². The number of carbonyl (C=O) groups is 1. The maximum atomic E-state index is 12.9. The van der Waals surface area contributed by atoms with Crippen LogP contribution in [0.2, 0.25) is 5.02 Å². The first kappa shape index (κ1) is 19.5. The van der Waals surface area contributed by atoms with Crippen LogP contribution >= 0.6 is 34.7 Å². The molecule has 8 heteroatoms. The lowest BCUT2D eigenvalue weighted by Crippen LogP contribution is -2.22. The van der Waals surface area contributed by atoms with Gasteiger partial charge in [0, 0.05) is 22.6 Å². The summed E-state index contributed by atoms with van der Waals surface area (Å²) in [7, 11) is 1.73. The summed E-state index contributed by atoms with van der Waals surface area (Å²) in [5.41, 5.74) is 2.81. The lowest BCUT2D eigenvalue weighted by Gasteiger charge is -2.11. The van der Waals surface area contributed by atoms with Gasteiger partial charge in [0.15, 0.2) is 5.16 Å². The highest BCUT2D eigenvalue weighted by Gasteiger charge is 2.21. The third kappa shape index (κ3) is 3.71. The van der Waals surface area contributed by atoms with Gasteiger partial charge in [-0.05, 0) is 55.9 Å². The monoisotopic (exact) mass is 433 g/mol. The van der Waals surface area contributed by atoms with Gasteiger partial charge in [-0.25, -0.2) is 4.98 Å². The number of amides is 1. The molecule has 0 atom stereocenters. The topological polar surface area (TPSA) is 64.0 Å². The molecule has 0 radical (unpaired) electrons. The van der Waals surface area contributed by atoms with E-state index in [1.165, 1.54) is 28.6 Å². The van der Waals surface area contributed by atoms with E-state index in [2.05, 4.69) is 5.32 Å². The number of benzene rings is 1. The standard InChI is InChI=1S/C20H20ClN3O2S2/c1-11-7-8-12(21)9-14(11)22-16(25)10-27-20-23-18-17(19(26)24(20)2)13-5-3-4-6-15(13)28-18/h7-9H,3-6,10H2,1-2H3,(H,22,25). The van der Waals surface area contributed by atoms with Crippen LogP contribution in [-0.4, -0.2) is 21.2 Å². The Morgan fingerprint density at radius 3 is 2.96 bits per heavy atom. The molecule has 1 amide bonds. The summed E-state index contributed by atoms with van der Waals surface area (Å²) in [4.78, 5) is 32.1. The lowest BCUT2D eigenvalue weighted by atomic mass is 9.97. The summed E-state index contributed by atoms with van der Waals surface area (Å²) < 4.78 is 1.56. The minimum absolute atomic E-state index is 0.0157. The number of fused-ring (bicyclic) bond motifs is 3. The number of aromatic nitrogens is 2. The van der Waals surface area contributed by atoms with Gasteiger partial charge in [0.05, 0.1) is 11.1 Å². The molecule has 1 aliphatic rings. The molecule has 0 aliphatic heterocycles. The van der Waals surface area contributed by atoms with Crippen molar-refractivity contribution in [2.75, 3.05) is 11.1 Å². The summed E-state index contributed by atoms with van der Waals surface area (Å²) in [5, 5.41) is 4.78. The number of anilines is 1. The van der Waals surface area contributed by atoms with Crippen molar-refractivity contribution in [2.24, 2.45) is 7.05 Å². The molecule has 4 rings (SSSR count). The molecule has 0 saturated carbocycles. The highest BCUT2D eigenvalue weighted by atomic mass is 35.5. The van der Waals surface area contributed by atoms with Gasteiger partial charge < -0.3 is 5.32 Å². The van der Waals surface area contributed by atoms with Gasteiger partial charge in [-0.3, -0.25) is 14.2 Å². The average molecular weight is 434 g/mol. The molecular weight excluding hydrogens is 414 g/mol. The van der Waals surface area contributed by atoms with E-state index in [1.54, 1.807) is 35.1 Å². The van der Waals surface area contributed by atoms with E-state index in [1.807, 2.05) is 13.0 Å². The molecule has 3 aromatic rings. The van der Waals surface area contributed by atoms with Crippen molar-refractivity contribution in [3.63, 3.8) is 0 Å². The molecule has 0 fully saturated rings. The molecule has 1 N–H and O–H groups in total. The third-order valence-electron chi connectivity index (χ3n) is 4.96. The van der Waals surface area contributed by atoms with E-state index < -0.39 is 0 Å². The van der Waals surface area contributed by atoms with Crippen LogP contribution in [0.4, 0.5) is 5.69 Å². The Hall–Kier alpha value is -1.83. The largest absolute Gasteiger partial charge is 0.325 e. The van der Waals surface area contributed by atoms with Gasteiger partial charge in [0.2, 0.25) is 5.91 Å². The summed E-state index contributed by atoms with van der Waals surface area (Å²) >= 11 is 8.90. The molecular formula is C20H20ClN3O2S2. The van der Waals surface area contributed by atoms with Crippen molar-refractivity contribution < 1.29 is 4.79 Å². The molecule has 0 bridgehead atoms. The van der Waals surface area contributed by atoms with Gasteiger partial charge >= 0.3 is 0 Å². The highest BCUT2D eigenvalue weighted by Crippen LogP contribution is 2.34. The Kier molecular flexibility index (Phi) is 5.49. The van der Waals surface area contributed by atoms with Crippen molar-refractivity contribution in [3.05, 3.63) is 49.6 Å². The highest BCUT2D eigenvalue weighted by molar-refractivity contribution is 7.99. The molecule has 28 heavy (non-hydrogen) atoms. The van der Waals surface area contributed by atoms with E-state index in [9.17, 15) is 9.59 Å². The van der Waals surface area contributed by atoms with Crippen LogP contribution in [0.15, 0.2) is 28.2 Å². The van der Waals surface area contributed by atoms with E-state index in [4.69, 9.17) is 16.6 Å². The zero-order valence-electron chi connectivity index (χ0n) is 15.7. The van der Waals surface area contributed by atoms with Crippen molar-refractivity contribution >= 4 is 56.5 Å². The molecule has 1 aromatic carbocycles. The first-order chi connectivity index (χ1) is 13.4. The van der Waals surface area contributed by atoms with Crippen LogP contribution < -0.4 is 10.9 Å². The molecule has 5 nitrogen and oxygen atoms in total. The number of hydrogen-bond donors (Lipinski definition) is 1. The average Bonchev–Trinajstić information content (AvgIpc) is 3.05. The predicted molar refractivity (Wildman–Crippen MR) is 117 cm³/mol. The summed E-state index contributed by atoms with van der Waals surface area (Å²) in [5.74, 6) is 0.0122. The van der Waals surface area contributed by atoms with Crippen LogP contribution in [0.25, 0.3) is 10.2 Å². The minimum atomic E-state index is -0.157.